The van der Waals surface area contributed by atoms with Crippen LogP contribution in [0.5, 0.6) is 0 Å². The van der Waals surface area contributed by atoms with Crippen LogP contribution < -0.4 is 5.32 Å². The summed E-state index contributed by atoms with van der Waals surface area (Å²) in [4.78, 5) is 0. The van der Waals surface area contributed by atoms with Gasteiger partial charge in [-0.1, -0.05) is 44.6 Å². The predicted octanol–water partition coefficient (Wildman–Crippen LogP) is 5.22. The van der Waals surface area contributed by atoms with E-state index in [4.69, 9.17) is 0 Å². The molecule has 1 aliphatic rings. The minimum Gasteiger partial charge on any atom is -0.319 e. The van der Waals surface area contributed by atoms with Gasteiger partial charge in [0, 0.05) is 12.0 Å². The minimum absolute atomic E-state index is 0.165. The van der Waals surface area contributed by atoms with Crippen molar-refractivity contribution in [3.05, 3.63) is 52.1 Å². The Kier molecular flexibility index (Phi) is 4.97. The van der Waals surface area contributed by atoms with Crippen molar-refractivity contribution in [2.75, 3.05) is 13.6 Å². The molecule has 1 nitrogen and oxygen atoms in total. The normalized spacial score (nSPS) is 22.6. The van der Waals surface area contributed by atoms with Crippen molar-refractivity contribution < 1.29 is 0 Å². The smallest absolute Gasteiger partial charge is 0.00986 e. The summed E-state index contributed by atoms with van der Waals surface area (Å²) in [7, 11) is 2.05. The van der Waals surface area contributed by atoms with Crippen LogP contribution in [-0.2, 0) is 6.42 Å². The second-order valence-corrected chi connectivity index (χ2v) is 7.21. The number of allylic oxidation sites excluding steroid dienone is 2. The maximum atomic E-state index is 4.35. The second kappa shape index (κ2) is 6.42. The Hall–Kier alpha value is -1.34. The summed E-state index contributed by atoms with van der Waals surface area (Å²) in [5, 5.41) is 3.41. The van der Waals surface area contributed by atoms with Gasteiger partial charge >= 0.3 is 0 Å². The largest absolute Gasteiger partial charge is 0.319 e. The molecule has 1 N–H and O–H groups in total. The van der Waals surface area contributed by atoms with Crippen molar-refractivity contribution in [2.45, 2.75) is 53.9 Å². The third-order valence-corrected chi connectivity index (χ3v) is 5.20. The second-order valence-electron chi connectivity index (χ2n) is 7.21. The molecule has 0 saturated heterocycles. The van der Waals surface area contributed by atoms with E-state index in [0.29, 0.717) is 0 Å². The monoisotopic (exact) mass is 297 g/mol. The Morgan fingerprint density at radius 2 is 1.91 bits per heavy atom. The topological polar surface area (TPSA) is 12.0 Å². The zero-order chi connectivity index (χ0) is 16.5. The Morgan fingerprint density at radius 3 is 2.50 bits per heavy atom. The quantitative estimate of drug-likeness (QED) is 0.786. The molecule has 0 aliphatic heterocycles. The zero-order valence-corrected chi connectivity index (χ0v) is 15.2. The summed E-state index contributed by atoms with van der Waals surface area (Å²) in [5.74, 6) is 0. The van der Waals surface area contributed by atoms with Gasteiger partial charge in [0.05, 0.1) is 0 Å². The number of benzene rings is 1. The first-order valence-corrected chi connectivity index (χ1v) is 8.48. The molecule has 0 spiro atoms. The third-order valence-electron chi connectivity index (χ3n) is 5.20. The molecule has 0 bridgehead atoms. The lowest BCUT2D eigenvalue weighted by Gasteiger charge is -2.28. The Morgan fingerprint density at radius 1 is 1.27 bits per heavy atom. The van der Waals surface area contributed by atoms with E-state index in [9.17, 15) is 0 Å². The van der Waals surface area contributed by atoms with Crippen molar-refractivity contribution in [1.29, 1.82) is 0 Å². The molecule has 2 rings (SSSR count). The van der Waals surface area contributed by atoms with Gasteiger partial charge in [-0.2, -0.15) is 0 Å². The van der Waals surface area contributed by atoms with Gasteiger partial charge < -0.3 is 5.32 Å². The van der Waals surface area contributed by atoms with Gasteiger partial charge in [-0.15, -0.1) is 0 Å². The fourth-order valence-corrected chi connectivity index (χ4v) is 3.95. The molecule has 1 unspecified atom stereocenters. The highest BCUT2D eigenvalue weighted by Gasteiger charge is 2.38. The lowest BCUT2D eigenvalue weighted by Crippen LogP contribution is -2.30. The molecular formula is C21H31N. The van der Waals surface area contributed by atoms with Gasteiger partial charge in [-0.05, 0) is 74.1 Å². The zero-order valence-electron chi connectivity index (χ0n) is 15.2. The van der Waals surface area contributed by atoms with Crippen LogP contribution in [0.4, 0.5) is 0 Å². The fraction of sp³-hybridized carbons (Fsp3) is 0.524. The lowest BCUT2D eigenvalue weighted by atomic mass is 9.78. The molecule has 0 radical (unpaired) electrons. The van der Waals surface area contributed by atoms with Gasteiger partial charge in [-0.3, -0.25) is 0 Å². The van der Waals surface area contributed by atoms with E-state index < -0.39 is 0 Å². The maximum absolute atomic E-state index is 4.35. The highest BCUT2D eigenvalue weighted by molar-refractivity contribution is 5.82. The standard InChI is InChI=1S/C21H31N/c1-8-9-14(2)17(5)20-19-11-16(4)15(3)10-18(19)12-21(20,6)13-22-7/h10-11,22H,2,8-9,12-13H2,1,3-7H3/b20-17-. The first-order valence-electron chi connectivity index (χ1n) is 8.48. The van der Waals surface area contributed by atoms with Crippen LogP contribution in [0.3, 0.4) is 0 Å². The number of rotatable bonds is 5. The van der Waals surface area contributed by atoms with Gasteiger partial charge in [-0.25, -0.2) is 0 Å². The van der Waals surface area contributed by atoms with Crippen molar-refractivity contribution >= 4 is 5.57 Å². The summed E-state index contributed by atoms with van der Waals surface area (Å²) >= 11 is 0. The summed E-state index contributed by atoms with van der Waals surface area (Å²) in [6.45, 7) is 16.7. The number of fused-ring (bicyclic) bond motifs is 1. The summed E-state index contributed by atoms with van der Waals surface area (Å²) in [6.07, 6.45) is 3.37. The SMILES string of the molecule is C=C(CCC)/C(C)=C1/c2cc(C)c(C)cc2CC1(C)CNC. The van der Waals surface area contributed by atoms with Crippen LogP contribution in [0.25, 0.3) is 5.57 Å². The average molecular weight is 297 g/mol. The molecule has 1 atom stereocenters. The molecule has 0 heterocycles. The molecular weight excluding hydrogens is 266 g/mol. The first kappa shape index (κ1) is 17.0. The van der Waals surface area contributed by atoms with E-state index in [1.807, 2.05) is 0 Å². The molecule has 22 heavy (non-hydrogen) atoms. The molecule has 1 heteroatoms. The van der Waals surface area contributed by atoms with Gasteiger partial charge in [0.25, 0.3) is 0 Å². The third kappa shape index (κ3) is 2.92. The Bertz CT molecular complexity index is 621. The van der Waals surface area contributed by atoms with Crippen molar-refractivity contribution in [3.8, 4) is 0 Å². The van der Waals surface area contributed by atoms with Crippen LogP contribution >= 0.6 is 0 Å². The highest BCUT2D eigenvalue weighted by atomic mass is 14.8. The average Bonchev–Trinajstić information content (AvgIpc) is 2.70. The van der Waals surface area contributed by atoms with Crippen molar-refractivity contribution in [1.82, 2.24) is 5.32 Å². The molecule has 0 fully saturated rings. The molecule has 0 amide bonds. The van der Waals surface area contributed by atoms with E-state index in [0.717, 1.165) is 25.8 Å². The summed E-state index contributed by atoms with van der Waals surface area (Å²) in [6, 6.07) is 4.78. The van der Waals surface area contributed by atoms with E-state index in [2.05, 4.69) is 65.7 Å². The van der Waals surface area contributed by atoms with Crippen molar-refractivity contribution in [3.63, 3.8) is 0 Å². The Labute approximate surface area is 136 Å². The van der Waals surface area contributed by atoms with Gasteiger partial charge in [0.2, 0.25) is 0 Å². The van der Waals surface area contributed by atoms with Crippen LogP contribution in [0.2, 0.25) is 0 Å². The lowest BCUT2D eigenvalue weighted by molar-refractivity contribution is 0.437. The van der Waals surface area contributed by atoms with E-state index in [1.165, 1.54) is 39.0 Å². The number of hydrogen-bond acceptors (Lipinski definition) is 1. The fourth-order valence-electron chi connectivity index (χ4n) is 3.95. The number of aryl methyl sites for hydroxylation is 2. The van der Waals surface area contributed by atoms with Gasteiger partial charge in [0.15, 0.2) is 0 Å². The van der Waals surface area contributed by atoms with E-state index >= 15 is 0 Å². The summed E-state index contributed by atoms with van der Waals surface area (Å²) in [5.41, 5.74) is 10.1. The first-order chi connectivity index (χ1) is 10.3. The molecule has 0 aromatic heterocycles. The van der Waals surface area contributed by atoms with E-state index in [1.54, 1.807) is 0 Å². The van der Waals surface area contributed by atoms with Crippen LogP contribution in [0, 0.1) is 19.3 Å². The Balaban J connectivity index is 2.64. The maximum Gasteiger partial charge on any atom is 0.00986 e. The molecule has 120 valence electrons. The molecule has 1 aliphatic carbocycles. The number of hydrogen-bond donors (Lipinski definition) is 1. The van der Waals surface area contributed by atoms with Crippen LogP contribution in [0.1, 0.15) is 55.9 Å². The highest BCUT2D eigenvalue weighted by Crippen LogP contribution is 2.49. The van der Waals surface area contributed by atoms with Crippen LogP contribution in [-0.4, -0.2) is 13.6 Å². The number of nitrogens with one attached hydrogen (secondary N) is 1. The van der Waals surface area contributed by atoms with Crippen molar-refractivity contribution in [2.24, 2.45) is 5.41 Å². The molecule has 0 saturated carbocycles. The predicted molar refractivity (Wildman–Crippen MR) is 98.3 cm³/mol. The van der Waals surface area contributed by atoms with Crippen LogP contribution in [0.15, 0.2) is 29.9 Å². The minimum atomic E-state index is 0.165. The van der Waals surface area contributed by atoms with E-state index in [-0.39, 0.29) is 5.41 Å². The molecule has 1 aromatic carbocycles. The molecule has 1 aromatic rings. The summed E-state index contributed by atoms with van der Waals surface area (Å²) < 4.78 is 0. The van der Waals surface area contributed by atoms with Gasteiger partial charge in [0.1, 0.15) is 0 Å².